The SMILES string of the molecule is CCOc1ccc(CCC(=O)N2CCN(C(=O)c3ccc(C)cc3)CC2)cc1OC. The first-order chi connectivity index (χ1) is 14.5. The van der Waals surface area contributed by atoms with Crippen LogP contribution in [-0.2, 0) is 11.2 Å². The van der Waals surface area contributed by atoms with Gasteiger partial charge >= 0.3 is 0 Å². The van der Waals surface area contributed by atoms with Crippen LogP contribution in [0, 0.1) is 6.92 Å². The second-order valence-corrected chi connectivity index (χ2v) is 7.46. The molecule has 0 bridgehead atoms. The standard InChI is InChI=1S/C24H30N2O4/c1-4-30-21-11-7-19(17-22(21)29-3)8-12-23(27)25-13-15-26(16-14-25)24(28)20-9-5-18(2)6-10-20/h5-7,9-11,17H,4,8,12-16H2,1-3H3. The molecule has 160 valence electrons. The number of aryl methyl sites for hydroxylation is 2. The van der Waals surface area contributed by atoms with Gasteiger partial charge in [0.25, 0.3) is 5.91 Å². The molecule has 2 aromatic carbocycles. The topological polar surface area (TPSA) is 59.1 Å². The van der Waals surface area contributed by atoms with Gasteiger partial charge in [-0.05, 0) is 50.1 Å². The fourth-order valence-electron chi connectivity index (χ4n) is 3.59. The molecule has 6 nitrogen and oxygen atoms in total. The summed E-state index contributed by atoms with van der Waals surface area (Å²) in [4.78, 5) is 29.0. The van der Waals surface area contributed by atoms with E-state index < -0.39 is 0 Å². The molecule has 1 fully saturated rings. The number of rotatable bonds is 7. The molecule has 0 unspecified atom stereocenters. The lowest BCUT2D eigenvalue weighted by Gasteiger charge is -2.35. The molecule has 2 aromatic rings. The van der Waals surface area contributed by atoms with Crippen molar-refractivity contribution < 1.29 is 19.1 Å². The van der Waals surface area contributed by atoms with Gasteiger partial charge in [-0.1, -0.05) is 23.8 Å². The first-order valence-electron chi connectivity index (χ1n) is 10.4. The zero-order valence-corrected chi connectivity index (χ0v) is 18.0. The third kappa shape index (κ3) is 5.32. The third-order valence-corrected chi connectivity index (χ3v) is 5.37. The zero-order chi connectivity index (χ0) is 21.5. The van der Waals surface area contributed by atoms with E-state index in [0.717, 1.165) is 11.1 Å². The number of carbonyl (C=O) groups is 2. The van der Waals surface area contributed by atoms with Crippen LogP contribution in [0.15, 0.2) is 42.5 Å². The van der Waals surface area contributed by atoms with E-state index in [4.69, 9.17) is 9.47 Å². The first kappa shape index (κ1) is 21.7. The third-order valence-electron chi connectivity index (χ3n) is 5.37. The summed E-state index contributed by atoms with van der Waals surface area (Å²) in [6, 6.07) is 13.4. The van der Waals surface area contributed by atoms with Crippen molar-refractivity contribution in [1.29, 1.82) is 0 Å². The van der Waals surface area contributed by atoms with E-state index in [-0.39, 0.29) is 11.8 Å². The maximum atomic E-state index is 12.6. The smallest absolute Gasteiger partial charge is 0.253 e. The Morgan fingerprint density at radius 3 is 2.23 bits per heavy atom. The number of piperazine rings is 1. The predicted molar refractivity (Wildman–Crippen MR) is 116 cm³/mol. The summed E-state index contributed by atoms with van der Waals surface area (Å²) in [5.74, 6) is 1.54. The summed E-state index contributed by atoms with van der Waals surface area (Å²) in [6.45, 7) is 6.78. The van der Waals surface area contributed by atoms with Crippen molar-refractivity contribution in [2.45, 2.75) is 26.7 Å². The lowest BCUT2D eigenvalue weighted by molar-refractivity contribution is -0.132. The van der Waals surface area contributed by atoms with Crippen LogP contribution in [0.3, 0.4) is 0 Å². The highest BCUT2D eigenvalue weighted by atomic mass is 16.5. The van der Waals surface area contributed by atoms with Crippen LogP contribution in [-0.4, -0.2) is 61.5 Å². The van der Waals surface area contributed by atoms with E-state index in [2.05, 4.69) is 0 Å². The van der Waals surface area contributed by atoms with Crippen LogP contribution < -0.4 is 9.47 Å². The molecular weight excluding hydrogens is 380 g/mol. The largest absolute Gasteiger partial charge is 0.493 e. The van der Waals surface area contributed by atoms with Crippen molar-refractivity contribution in [2.24, 2.45) is 0 Å². The lowest BCUT2D eigenvalue weighted by atomic mass is 10.1. The average molecular weight is 411 g/mol. The van der Waals surface area contributed by atoms with Crippen molar-refractivity contribution in [3.05, 3.63) is 59.2 Å². The Morgan fingerprint density at radius 2 is 1.60 bits per heavy atom. The summed E-state index contributed by atoms with van der Waals surface area (Å²) in [7, 11) is 1.62. The van der Waals surface area contributed by atoms with Crippen LogP contribution in [0.25, 0.3) is 0 Å². The van der Waals surface area contributed by atoms with Gasteiger partial charge in [0.05, 0.1) is 13.7 Å². The molecule has 6 heteroatoms. The predicted octanol–water partition coefficient (Wildman–Crippen LogP) is 3.32. The molecule has 0 aromatic heterocycles. The molecule has 0 saturated carbocycles. The highest BCUT2D eigenvalue weighted by molar-refractivity contribution is 5.94. The Balaban J connectivity index is 1.49. The number of carbonyl (C=O) groups excluding carboxylic acids is 2. The Kier molecular flexibility index (Phi) is 7.33. The van der Waals surface area contributed by atoms with Gasteiger partial charge in [-0.15, -0.1) is 0 Å². The fourth-order valence-corrected chi connectivity index (χ4v) is 3.59. The number of nitrogens with zero attached hydrogens (tertiary/aromatic N) is 2. The molecule has 1 heterocycles. The molecule has 0 radical (unpaired) electrons. The van der Waals surface area contributed by atoms with E-state index in [9.17, 15) is 9.59 Å². The molecule has 1 aliphatic heterocycles. The molecule has 3 rings (SSSR count). The molecule has 0 spiro atoms. The lowest BCUT2D eigenvalue weighted by Crippen LogP contribution is -2.50. The van der Waals surface area contributed by atoms with Crippen molar-refractivity contribution in [3.63, 3.8) is 0 Å². The molecule has 0 aliphatic carbocycles. The van der Waals surface area contributed by atoms with Gasteiger partial charge in [0.2, 0.25) is 5.91 Å². The molecular formula is C24H30N2O4. The minimum Gasteiger partial charge on any atom is -0.493 e. The van der Waals surface area contributed by atoms with Crippen molar-refractivity contribution in [1.82, 2.24) is 9.80 Å². The number of amides is 2. The van der Waals surface area contributed by atoms with E-state index in [0.29, 0.717) is 62.7 Å². The van der Waals surface area contributed by atoms with Gasteiger partial charge < -0.3 is 19.3 Å². The highest BCUT2D eigenvalue weighted by Crippen LogP contribution is 2.28. The summed E-state index contributed by atoms with van der Waals surface area (Å²) in [5.41, 5.74) is 2.87. The van der Waals surface area contributed by atoms with Crippen LogP contribution >= 0.6 is 0 Å². The first-order valence-corrected chi connectivity index (χ1v) is 10.4. The Morgan fingerprint density at radius 1 is 0.933 bits per heavy atom. The summed E-state index contributed by atoms with van der Waals surface area (Å²) in [5, 5.41) is 0. The van der Waals surface area contributed by atoms with E-state index in [1.165, 1.54) is 0 Å². The Labute approximate surface area is 178 Å². The van der Waals surface area contributed by atoms with Gasteiger partial charge in [0.15, 0.2) is 11.5 Å². The molecule has 2 amide bonds. The quantitative estimate of drug-likeness (QED) is 0.703. The van der Waals surface area contributed by atoms with Gasteiger partial charge in [-0.25, -0.2) is 0 Å². The van der Waals surface area contributed by atoms with Gasteiger partial charge in [0, 0.05) is 38.2 Å². The summed E-state index contributed by atoms with van der Waals surface area (Å²) < 4.78 is 10.9. The molecule has 1 saturated heterocycles. The minimum atomic E-state index is 0.0311. The monoisotopic (exact) mass is 410 g/mol. The normalized spacial score (nSPS) is 13.8. The second kappa shape index (κ2) is 10.1. The van der Waals surface area contributed by atoms with Crippen molar-refractivity contribution in [3.8, 4) is 11.5 Å². The molecule has 1 aliphatic rings. The van der Waals surface area contributed by atoms with Gasteiger partial charge in [-0.2, -0.15) is 0 Å². The van der Waals surface area contributed by atoms with Crippen molar-refractivity contribution >= 4 is 11.8 Å². The van der Waals surface area contributed by atoms with E-state index in [1.54, 1.807) is 7.11 Å². The molecule has 0 N–H and O–H groups in total. The number of ether oxygens (including phenoxy) is 2. The van der Waals surface area contributed by atoms with Crippen molar-refractivity contribution in [2.75, 3.05) is 39.9 Å². The number of hydrogen-bond donors (Lipinski definition) is 0. The van der Waals surface area contributed by atoms with E-state index >= 15 is 0 Å². The van der Waals surface area contributed by atoms with Crippen LogP contribution in [0.1, 0.15) is 34.8 Å². The van der Waals surface area contributed by atoms with E-state index in [1.807, 2.05) is 66.1 Å². The molecule has 0 atom stereocenters. The average Bonchev–Trinajstić information content (AvgIpc) is 2.78. The summed E-state index contributed by atoms with van der Waals surface area (Å²) in [6.07, 6.45) is 1.08. The highest BCUT2D eigenvalue weighted by Gasteiger charge is 2.24. The maximum Gasteiger partial charge on any atom is 0.253 e. The Hall–Kier alpha value is -3.02. The van der Waals surface area contributed by atoms with Crippen LogP contribution in [0.4, 0.5) is 0 Å². The van der Waals surface area contributed by atoms with Crippen LogP contribution in [0.2, 0.25) is 0 Å². The fraction of sp³-hybridized carbons (Fsp3) is 0.417. The number of hydrogen-bond acceptors (Lipinski definition) is 4. The minimum absolute atomic E-state index is 0.0311. The molecule has 30 heavy (non-hydrogen) atoms. The van der Waals surface area contributed by atoms with Gasteiger partial charge in [0.1, 0.15) is 0 Å². The number of methoxy groups -OCH3 is 1. The van der Waals surface area contributed by atoms with Gasteiger partial charge in [-0.3, -0.25) is 9.59 Å². The Bertz CT molecular complexity index is 871. The number of benzene rings is 2. The van der Waals surface area contributed by atoms with Crippen LogP contribution in [0.5, 0.6) is 11.5 Å². The second-order valence-electron chi connectivity index (χ2n) is 7.46. The zero-order valence-electron chi connectivity index (χ0n) is 18.0. The summed E-state index contributed by atoms with van der Waals surface area (Å²) >= 11 is 0. The maximum absolute atomic E-state index is 12.6.